The van der Waals surface area contributed by atoms with Gasteiger partial charge in [0.1, 0.15) is 6.10 Å². The molecule has 2 heterocycles. The van der Waals surface area contributed by atoms with E-state index in [-0.39, 0.29) is 12.0 Å². The Kier molecular flexibility index (Phi) is 3.55. The lowest BCUT2D eigenvalue weighted by atomic mass is 9.98. The molecule has 108 valence electrons. The number of carbonyl (C=O) groups is 1. The minimum Gasteiger partial charge on any atom is -0.482 e. The zero-order chi connectivity index (χ0) is 14.1. The molecule has 0 aliphatic carbocycles. The number of hydrogen-bond acceptors (Lipinski definition) is 3. The minimum absolute atomic E-state index is 0.0545. The molecule has 0 saturated carbocycles. The topological polar surface area (TPSA) is 38.8 Å². The highest BCUT2D eigenvalue weighted by atomic mass is 16.6. The van der Waals surface area contributed by atoms with Crippen LogP contribution in [0.5, 0.6) is 11.5 Å². The molecule has 2 unspecified atom stereocenters. The molecular formula is C16H21NO3. The summed E-state index contributed by atoms with van der Waals surface area (Å²) in [6, 6.07) is 7.51. The SMILES string of the molecule is CC1CCN(C(=O)C2Oc3ccccc3OC2C)CC1. The van der Waals surface area contributed by atoms with Crippen LogP contribution in [0.3, 0.4) is 0 Å². The number of fused-ring (bicyclic) bond motifs is 1. The van der Waals surface area contributed by atoms with Crippen LogP contribution in [0.25, 0.3) is 0 Å². The van der Waals surface area contributed by atoms with Crippen LogP contribution < -0.4 is 9.47 Å². The van der Waals surface area contributed by atoms with Gasteiger partial charge in [0.05, 0.1) is 0 Å². The quantitative estimate of drug-likeness (QED) is 0.790. The van der Waals surface area contributed by atoms with Crippen molar-refractivity contribution in [1.29, 1.82) is 0 Å². The number of likely N-dealkylation sites (tertiary alicyclic amines) is 1. The Bertz CT molecular complexity index is 494. The van der Waals surface area contributed by atoms with Crippen molar-refractivity contribution in [2.24, 2.45) is 5.92 Å². The summed E-state index contributed by atoms with van der Waals surface area (Å²) < 4.78 is 11.7. The monoisotopic (exact) mass is 275 g/mol. The fraction of sp³-hybridized carbons (Fsp3) is 0.562. The van der Waals surface area contributed by atoms with Gasteiger partial charge in [-0.1, -0.05) is 19.1 Å². The van der Waals surface area contributed by atoms with E-state index in [2.05, 4.69) is 6.92 Å². The molecular weight excluding hydrogens is 254 g/mol. The fourth-order valence-corrected chi connectivity index (χ4v) is 2.80. The first-order valence-corrected chi connectivity index (χ1v) is 7.36. The first kappa shape index (κ1) is 13.3. The van der Waals surface area contributed by atoms with Crippen LogP contribution in [0.2, 0.25) is 0 Å². The Hall–Kier alpha value is -1.71. The van der Waals surface area contributed by atoms with Crippen LogP contribution in [0, 0.1) is 5.92 Å². The molecule has 1 aromatic carbocycles. The zero-order valence-electron chi connectivity index (χ0n) is 12.0. The van der Waals surface area contributed by atoms with Crippen LogP contribution >= 0.6 is 0 Å². The summed E-state index contributed by atoms with van der Waals surface area (Å²) in [5, 5.41) is 0. The molecule has 1 aromatic rings. The molecule has 0 radical (unpaired) electrons. The van der Waals surface area contributed by atoms with Gasteiger partial charge in [-0.2, -0.15) is 0 Å². The third kappa shape index (κ3) is 2.47. The average Bonchev–Trinajstić information content (AvgIpc) is 2.46. The van der Waals surface area contributed by atoms with Gasteiger partial charge in [-0.3, -0.25) is 4.79 Å². The molecule has 20 heavy (non-hydrogen) atoms. The second-order valence-corrected chi connectivity index (χ2v) is 5.82. The number of nitrogens with zero attached hydrogens (tertiary/aromatic N) is 1. The van der Waals surface area contributed by atoms with E-state index < -0.39 is 6.10 Å². The molecule has 1 saturated heterocycles. The van der Waals surface area contributed by atoms with E-state index in [1.165, 1.54) is 0 Å². The van der Waals surface area contributed by atoms with Crippen molar-refractivity contribution < 1.29 is 14.3 Å². The Morgan fingerprint density at radius 2 is 1.70 bits per heavy atom. The van der Waals surface area contributed by atoms with E-state index in [0.717, 1.165) is 31.7 Å². The molecule has 4 nitrogen and oxygen atoms in total. The number of piperidine rings is 1. The van der Waals surface area contributed by atoms with Gasteiger partial charge < -0.3 is 14.4 Å². The fourth-order valence-electron chi connectivity index (χ4n) is 2.80. The third-order valence-corrected chi connectivity index (χ3v) is 4.18. The molecule has 1 fully saturated rings. The number of amides is 1. The minimum atomic E-state index is -0.529. The second kappa shape index (κ2) is 5.35. The third-order valence-electron chi connectivity index (χ3n) is 4.18. The zero-order valence-corrected chi connectivity index (χ0v) is 12.0. The molecule has 1 amide bonds. The van der Waals surface area contributed by atoms with Gasteiger partial charge in [0.15, 0.2) is 11.5 Å². The average molecular weight is 275 g/mol. The number of ether oxygens (including phenoxy) is 2. The molecule has 4 heteroatoms. The van der Waals surface area contributed by atoms with Gasteiger partial charge in [-0.25, -0.2) is 0 Å². The number of hydrogen-bond donors (Lipinski definition) is 0. The molecule has 0 bridgehead atoms. The maximum absolute atomic E-state index is 12.6. The lowest BCUT2D eigenvalue weighted by molar-refractivity contribution is -0.145. The van der Waals surface area contributed by atoms with E-state index in [1.807, 2.05) is 36.1 Å². The van der Waals surface area contributed by atoms with Crippen LogP contribution in [0.1, 0.15) is 26.7 Å². The van der Waals surface area contributed by atoms with Gasteiger partial charge in [0, 0.05) is 13.1 Å². The summed E-state index contributed by atoms with van der Waals surface area (Å²) in [7, 11) is 0. The van der Waals surface area contributed by atoms with Crippen molar-refractivity contribution in [3.63, 3.8) is 0 Å². The number of para-hydroxylation sites is 2. The van der Waals surface area contributed by atoms with E-state index in [1.54, 1.807) is 0 Å². The summed E-state index contributed by atoms with van der Waals surface area (Å²) in [4.78, 5) is 14.5. The van der Waals surface area contributed by atoms with Crippen LogP contribution in [0.15, 0.2) is 24.3 Å². The normalized spacial score (nSPS) is 26.4. The van der Waals surface area contributed by atoms with E-state index in [4.69, 9.17) is 9.47 Å². The smallest absolute Gasteiger partial charge is 0.267 e. The molecule has 2 aliphatic rings. The second-order valence-electron chi connectivity index (χ2n) is 5.82. The maximum atomic E-state index is 12.6. The Morgan fingerprint density at radius 3 is 2.35 bits per heavy atom. The number of rotatable bonds is 1. The Labute approximate surface area is 119 Å². The predicted octanol–water partition coefficient (Wildman–Crippen LogP) is 2.47. The first-order valence-electron chi connectivity index (χ1n) is 7.36. The summed E-state index contributed by atoms with van der Waals surface area (Å²) in [5.74, 6) is 2.14. The highest BCUT2D eigenvalue weighted by molar-refractivity contribution is 5.82. The van der Waals surface area contributed by atoms with E-state index >= 15 is 0 Å². The number of carbonyl (C=O) groups excluding carboxylic acids is 1. The van der Waals surface area contributed by atoms with Gasteiger partial charge in [0.2, 0.25) is 6.10 Å². The predicted molar refractivity (Wildman–Crippen MR) is 75.9 cm³/mol. The Balaban J connectivity index is 1.72. The van der Waals surface area contributed by atoms with Gasteiger partial charge in [-0.15, -0.1) is 0 Å². The van der Waals surface area contributed by atoms with Crippen molar-refractivity contribution in [3.05, 3.63) is 24.3 Å². The standard InChI is InChI=1S/C16H21NO3/c1-11-7-9-17(10-8-11)16(18)15-12(2)19-13-5-3-4-6-14(13)20-15/h3-6,11-12,15H,7-10H2,1-2H3. The highest BCUT2D eigenvalue weighted by Crippen LogP contribution is 2.34. The van der Waals surface area contributed by atoms with Crippen molar-refractivity contribution >= 4 is 5.91 Å². The van der Waals surface area contributed by atoms with Crippen molar-refractivity contribution in [2.75, 3.05) is 13.1 Å². The van der Waals surface area contributed by atoms with E-state index in [9.17, 15) is 4.79 Å². The number of benzene rings is 1. The molecule has 3 rings (SSSR count). The molecule has 0 aromatic heterocycles. The summed E-state index contributed by atoms with van der Waals surface area (Å²) in [5.41, 5.74) is 0. The maximum Gasteiger partial charge on any atom is 0.267 e. The molecule has 2 aliphatic heterocycles. The summed E-state index contributed by atoms with van der Waals surface area (Å²) >= 11 is 0. The van der Waals surface area contributed by atoms with Crippen LogP contribution in [0.4, 0.5) is 0 Å². The largest absolute Gasteiger partial charge is 0.482 e. The summed E-state index contributed by atoms with van der Waals surface area (Å²) in [6.07, 6.45) is 1.37. The van der Waals surface area contributed by atoms with Gasteiger partial charge >= 0.3 is 0 Å². The van der Waals surface area contributed by atoms with E-state index in [0.29, 0.717) is 11.7 Å². The van der Waals surface area contributed by atoms with Crippen LogP contribution in [-0.2, 0) is 4.79 Å². The lowest BCUT2D eigenvalue weighted by Gasteiger charge is -2.37. The van der Waals surface area contributed by atoms with Crippen LogP contribution in [-0.4, -0.2) is 36.1 Å². The van der Waals surface area contributed by atoms with Crippen molar-refractivity contribution in [3.8, 4) is 11.5 Å². The first-order chi connectivity index (χ1) is 9.65. The van der Waals surface area contributed by atoms with Gasteiger partial charge in [-0.05, 0) is 37.8 Å². The summed E-state index contributed by atoms with van der Waals surface area (Å²) in [6.45, 7) is 5.79. The molecule has 2 atom stereocenters. The van der Waals surface area contributed by atoms with Crippen molar-refractivity contribution in [1.82, 2.24) is 4.90 Å². The highest BCUT2D eigenvalue weighted by Gasteiger charge is 2.37. The molecule has 0 N–H and O–H groups in total. The lowest BCUT2D eigenvalue weighted by Crippen LogP contribution is -2.52. The van der Waals surface area contributed by atoms with Crippen molar-refractivity contribution in [2.45, 2.75) is 38.9 Å². The van der Waals surface area contributed by atoms with Gasteiger partial charge in [0.25, 0.3) is 5.91 Å². The Morgan fingerprint density at radius 1 is 1.10 bits per heavy atom. The molecule has 0 spiro atoms.